The number of esters is 1. The maximum atomic E-state index is 13.6. The monoisotopic (exact) mass is 513 g/mol. The molecule has 1 N–H and O–H groups in total. The summed E-state index contributed by atoms with van der Waals surface area (Å²) in [5, 5.41) is 3.03. The zero-order valence-electron chi connectivity index (χ0n) is 23.2. The number of aryl methyl sites for hydroxylation is 1. The van der Waals surface area contributed by atoms with Crippen LogP contribution in [0, 0.1) is 6.92 Å². The van der Waals surface area contributed by atoms with Crippen LogP contribution < -0.4 is 5.32 Å². The fourth-order valence-electron chi connectivity index (χ4n) is 4.59. The van der Waals surface area contributed by atoms with E-state index in [9.17, 15) is 9.59 Å². The molecule has 0 spiro atoms. The predicted octanol–water partition coefficient (Wildman–Crippen LogP) is 5.66. The van der Waals surface area contributed by atoms with Gasteiger partial charge in [0.1, 0.15) is 5.60 Å². The molecule has 0 aromatic heterocycles. The minimum Gasteiger partial charge on any atom is -0.456 e. The maximum Gasteiger partial charge on any atom is 0.340 e. The van der Waals surface area contributed by atoms with Crippen LogP contribution >= 0.6 is 0 Å². The van der Waals surface area contributed by atoms with Gasteiger partial charge in [-0.2, -0.15) is 0 Å². The molecule has 1 amide bonds. The van der Waals surface area contributed by atoms with Gasteiger partial charge in [0.15, 0.2) is 0 Å². The Labute approximate surface area is 226 Å². The van der Waals surface area contributed by atoms with Gasteiger partial charge in [0, 0.05) is 38.3 Å². The van der Waals surface area contributed by atoms with Gasteiger partial charge in [-0.3, -0.25) is 4.79 Å². The van der Waals surface area contributed by atoms with Gasteiger partial charge in [0.05, 0.1) is 11.3 Å². The molecule has 1 aliphatic heterocycles. The van der Waals surface area contributed by atoms with Crippen LogP contribution in [-0.2, 0) is 11.2 Å². The molecule has 6 nitrogen and oxygen atoms in total. The number of anilines is 1. The van der Waals surface area contributed by atoms with Crippen molar-refractivity contribution in [3.05, 3.63) is 89.0 Å². The van der Waals surface area contributed by atoms with Crippen LogP contribution in [-0.4, -0.2) is 67.0 Å². The van der Waals surface area contributed by atoms with Crippen molar-refractivity contribution in [1.82, 2.24) is 9.80 Å². The number of carbonyl (C=O) groups excluding carboxylic acids is 2. The van der Waals surface area contributed by atoms with E-state index in [-0.39, 0.29) is 5.91 Å². The van der Waals surface area contributed by atoms with Crippen LogP contribution in [0.1, 0.15) is 52.6 Å². The summed E-state index contributed by atoms with van der Waals surface area (Å²) in [6.07, 6.45) is 0.886. The second kappa shape index (κ2) is 11.9. The van der Waals surface area contributed by atoms with Crippen LogP contribution in [0.15, 0.2) is 66.7 Å². The first kappa shape index (κ1) is 27.6. The first-order chi connectivity index (χ1) is 18.1. The summed E-state index contributed by atoms with van der Waals surface area (Å²) >= 11 is 0. The van der Waals surface area contributed by atoms with Gasteiger partial charge in [-0.1, -0.05) is 48.5 Å². The number of rotatable bonds is 7. The Bertz CT molecular complexity index is 1270. The number of hydrogen-bond donors (Lipinski definition) is 1. The zero-order valence-corrected chi connectivity index (χ0v) is 23.2. The summed E-state index contributed by atoms with van der Waals surface area (Å²) in [5.41, 5.74) is 4.66. The number of benzene rings is 3. The van der Waals surface area contributed by atoms with Gasteiger partial charge >= 0.3 is 5.97 Å². The molecule has 1 fully saturated rings. The number of amides is 1. The van der Waals surface area contributed by atoms with Gasteiger partial charge in [-0.05, 0) is 81.6 Å². The number of hydrogen-bond acceptors (Lipinski definition) is 5. The average molecular weight is 514 g/mol. The van der Waals surface area contributed by atoms with Crippen molar-refractivity contribution >= 4 is 17.6 Å². The molecule has 1 heterocycles. The molecule has 3 aromatic carbocycles. The first-order valence-corrected chi connectivity index (χ1v) is 13.3. The van der Waals surface area contributed by atoms with Crippen LogP contribution in [0.25, 0.3) is 11.1 Å². The van der Waals surface area contributed by atoms with Crippen LogP contribution in [0.2, 0.25) is 0 Å². The summed E-state index contributed by atoms with van der Waals surface area (Å²) in [6, 6.07) is 21.4. The van der Waals surface area contributed by atoms with Crippen LogP contribution in [0.5, 0.6) is 0 Å². The number of piperazine rings is 1. The molecule has 1 aliphatic rings. The summed E-state index contributed by atoms with van der Waals surface area (Å²) in [7, 11) is 2.16. The topological polar surface area (TPSA) is 61.9 Å². The number of carbonyl (C=O) groups is 2. The quantitative estimate of drug-likeness (QED) is 0.413. The largest absolute Gasteiger partial charge is 0.456 e. The average Bonchev–Trinajstić information content (AvgIpc) is 2.88. The predicted molar refractivity (Wildman–Crippen MR) is 154 cm³/mol. The first-order valence-electron chi connectivity index (χ1n) is 13.3. The number of ether oxygens (including phenoxy) is 1. The van der Waals surface area contributed by atoms with Crippen molar-refractivity contribution in [2.75, 3.05) is 45.1 Å². The minimum atomic E-state index is -0.648. The van der Waals surface area contributed by atoms with E-state index in [0.717, 1.165) is 61.4 Å². The van der Waals surface area contributed by atoms with Crippen molar-refractivity contribution in [1.29, 1.82) is 0 Å². The molecule has 0 bridgehead atoms. The molecule has 0 atom stereocenters. The SMILES string of the molecule is Cc1ccc(CCN2CCN(C)CC2)cc1C(=O)Nc1cc(-c2ccccc2)ccc1C(=O)OC(C)(C)C. The zero-order chi connectivity index (χ0) is 27.3. The second-order valence-corrected chi connectivity index (χ2v) is 11.1. The van der Waals surface area contributed by atoms with E-state index < -0.39 is 11.6 Å². The third-order valence-electron chi connectivity index (χ3n) is 6.85. The summed E-state index contributed by atoms with van der Waals surface area (Å²) < 4.78 is 5.64. The van der Waals surface area contributed by atoms with E-state index in [0.29, 0.717) is 16.8 Å². The minimum absolute atomic E-state index is 0.237. The standard InChI is InChI=1S/C32H39N3O3/c1-23-11-12-24(15-16-35-19-17-34(5)18-20-35)21-28(23)30(36)33-29-22-26(25-9-7-6-8-10-25)13-14-27(29)31(37)38-32(2,3)4/h6-14,21-22H,15-20H2,1-5H3,(H,33,36). The highest BCUT2D eigenvalue weighted by Crippen LogP contribution is 2.28. The van der Waals surface area contributed by atoms with E-state index >= 15 is 0 Å². The third kappa shape index (κ3) is 7.30. The Hall–Kier alpha value is -3.48. The van der Waals surface area contributed by atoms with Gasteiger partial charge in [-0.25, -0.2) is 4.79 Å². The summed E-state index contributed by atoms with van der Waals surface area (Å²) in [4.78, 5) is 31.4. The molecular formula is C32H39N3O3. The highest BCUT2D eigenvalue weighted by Gasteiger charge is 2.23. The molecule has 0 radical (unpaired) electrons. The lowest BCUT2D eigenvalue weighted by atomic mass is 10.00. The number of nitrogens with one attached hydrogen (secondary N) is 1. The molecule has 0 unspecified atom stereocenters. The van der Waals surface area contributed by atoms with E-state index in [2.05, 4.69) is 28.2 Å². The molecule has 38 heavy (non-hydrogen) atoms. The second-order valence-electron chi connectivity index (χ2n) is 11.1. The fourth-order valence-corrected chi connectivity index (χ4v) is 4.59. The Kier molecular flexibility index (Phi) is 8.65. The molecule has 0 saturated carbocycles. The lowest BCUT2D eigenvalue weighted by molar-refractivity contribution is 0.00708. The van der Waals surface area contributed by atoms with E-state index in [1.807, 2.05) is 82.3 Å². The van der Waals surface area contributed by atoms with Crippen molar-refractivity contribution < 1.29 is 14.3 Å². The highest BCUT2D eigenvalue weighted by molar-refractivity contribution is 6.09. The van der Waals surface area contributed by atoms with Gasteiger partial charge in [0.2, 0.25) is 0 Å². The Morgan fingerprint density at radius 1 is 0.868 bits per heavy atom. The number of nitrogens with zero attached hydrogens (tertiary/aromatic N) is 2. The molecule has 4 rings (SSSR count). The molecule has 200 valence electrons. The van der Waals surface area contributed by atoms with E-state index in [1.54, 1.807) is 6.07 Å². The summed E-state index contributed by atoms with van der Waals surface area (Å²) in [5.74, 6) is -0.705. The van der Waals surface area contributed by atoms with Crippen molar-refractivity contribution in [3.63, 3.8) is 0 Å². The highest BCUT2D eigenvalue weighted by atomic mass is 16.6. The van der Waals surface area contributed by atoms with Gasteiger partial charge in [-0.15, -0.1) is 0 Å². The normalized spacial score (nSPS) is 14.8. The molecule has 1 saturated heterocycles. The third-order valence-corrected chi connectivity index (χ3v) is 6.85. The Balaban J connectivity index is 1.57. The van der Waals surface area contributed by atoms with Crippen molar-refractivity contribution in [2.45, 2.75) is 39.7 Å². The smallest absolute Gasteiger partial charge is 0.340 e. The van der Waals surface area contributed by atoms with Crippen molar-refractivity contribution in [2.24, 2.45) is 0 Å². The van der Waals surface area contributed by atoms with Crippen LogP contribution in [0.3, 0.4) is 0 Å². The van der Waals surface area contributed by atoms with E-state index in [1.165, 1.54) is 0 Å². The van der Waals surface area contributed by atoms with Gasteiger partial charge in [0.25, 0.3) is 5.91 Å². The molecular weight excluding hydrogens is 474 g/mol. The molecule has 3 aromatic rings. The molecule has 6 heteroatoms. The summed E-state index contributed by atoms with van der Waals surface area (Å²) in [6.45, 7) is 12.7. The fraction of sp³-hybridized carbons (Fsp3) is 0.375. The van der Waals surface area contributed by atoms with Crippen molar-refractivity contribution in [3.8, 4) is 11.1 Å². The molecule has 0 aliphatic carbocycles. The Morgan fingerprint density at radius 2 is 1.58 bits per heavy atom. The van der Waals surface area contributed by atoms with Crippen LogP contribution in [0.4, 0.5) is 5.69 Å². The maximum absolute atomic E-state index is 13.6. The lowest BCUT2D eigenvalue weighted by Crippen LogP contribution is -2.45. The lowest BCUT2D eigenvalue weighted by Gasteiger charge is -2.32. The Morgan fingerprint density at radius 3 is 2.26 bits per heavy atom. The number of likely N-dealkylation sites (N-methyl/N-ethyl adjacent to an activating group) is 1. The van der Waals surface area contributed by atoms with E-state index in [4.69, 9.17) is 4.74 Å². The van der Waals surface area contributed by atoms with Gasteiger partial charge < -0.3 is 19.9 Å².